The third-order valence-corrected chi connectivity index (χ3v) is 3.94. The van der Waals surface area contributed by atoms with Gasteiger partial charge in [0.1, 0.15) is 17.6 Å². The second kappa shape index (κ2) is 7.32. The third-order valence-electron chi connectivity index (χ3n) is 3.80. The Morgan fingerprint density at radius 2 is 2.10 bits per heavy atom. The highest BCUT2D eigenvalue weighted by molar-refractivity contribution is 7.80. The molecule has 0 heterocycles. The molecule has 0 spiro atoms. The Bertz CT molecular complexity index is 481. The van der Waals surface area contributed by atoms with Crippen LogP contribution in [0.4, 0.5) is 0 Å². The van der Waals surface area contributed by atoms with Crippen LogP contribution in [0.2, 0.25) is 0 Å². The Labute approximate surface area is 132 Å². The van der Waals surface area contributed by atoms with Crippen LogP contribution < -0.4 is 10.1 Å². The first kappa shape index (κ1) is 16.4. The number of carbonyl (C=O) groups is 1. The van der Waals surface area contributed by atoms with Gasteiger partial charge in [0.25, 0.3) is 0 Å². The van der Waals surface area contributed by atoms with Gasteiger partial charge in [0, 0.05) is 23.8 Å². The molecular formula is C17H25NO2S. The minimum atomic E-state index is 0.0799. The molecule has 1 atom stereocenters. The molecule has 3 nitrogen and oxygen atoms in total. The van der Waals surface area contributed by atoms with Gasteiger partial charge in [-0.1, -0.05) is 26.0 Å². The predicted octanol–water partition coefficient (Wildman–Crippen LogP) is 3.23. The summed E-state index contributed by atoms with van der Waals surface area (Å²) in [6.07, 6.45) is 2.78. The highest BCUT2D eigenvalue weighted by Gasteiger charge is 2.31. The summed E-state index contributed by atoms with van der Waals surface area (Å²) >= 11 is 4.33. The van der Waals surface area contributed by atoms with E-state index in [9.17, 15) is 4.79 Å². The summed E-state index contributed by atoms with van der Waals surface area (Å²) in [5.41, 5.74) is 1.03. The van der Waals surface area contributed by atoms with Crippen LogP contribution in [-0.2, 0) is 11.2 Å². The van der Waals surface area contributed by atoms with E-state index in [0.29, 0.717) is 12.5 Å². The third kappa shape index (κ3) is 5.04. The fourth-order valence-electron chi connectivity index (χ4n) is 2.47. The molecule has 1 aliphatic rings. The second-order valence-corrected chi connectivity index (χ2v) is 6.97. The van der Waals surface area contributed by atoms with Crippen molar-refractivity contribution in [3.63, 3.8) is 0 Å². The molecule has 1 aliphatic carbocycles. The number of ketones is 1. The van der Waals surface area contributed by atoms with E-state index in [2.05, 4.69) is 17.9 Å². The van der Waals surface area contributed by atoms with Crippen LogP contribution in [0.5, 0.6) is 5.75 Å². The van der Waals surface area contributed by atoms with Crippen molar-refractivity contribution in [2.24, 2.45) is 5.92 Å². The van der Waals surface area contributed by atoms with Gasteiger partial charge >= 0.3 is 0 Å². The first-order chi connectivity index (χ1) is 9.94. The van der Waals surface area contributed by atoms with Crippen molar-refractivity contribution in [3.05, 3.63) is 29.8 Å². The van der Waals surface area contributed by atoms with E-state index in [0.717, 1.165) is 24.2 Å². The van der Waals surface area contributed by atoms with Gasteiger partial charge in [-0.05, 0) is 37.5 Å². The zero-order valence-electron chi connectivity index (χ0n) is 13.0. The Morgan fingerprint density at radius 3 is 2.71 bits per heavy atom. The van der Waals surface area contributed by atoms with Gasteiger partial charge < -0.3 is 10.1 Å². The first-order valence-corrected chi connectivity index (χ1v) is 8.18. The molecular weight excluding hydrogens is 282 g/mol. The van der Waals surface area contributed by atoms with Gasteiger partial charge in [-0.3, -0.25) is 4.79 Å². The highest BCUT2D eigenvalue weighted by atomic mass is 32.1. The maximum Gasteiger partial charge on any atom is 0.139 e. The molecule has 1 N–H and O–H groups in total. The monoisotopic (exact) mass is 307 g/mol. The highest BCUT2D eigenvalue weighted by Crippen LogP contribution is 2.27. The molecule has 2 rings (SSSR count). The molecule has 0 bridgehead atoms. The van der Waals surface area contributed by atoms with Crippen LogP contribution in [0.3, 0.4) is 0 Å². The molecule has 0 saturated heterocycles. The average molecular weight is 307 g/mol. The molecule has 1 aromatic rings. The van der Waals surface area contributed by atoms with Crippen LogP contribution >= 0.6 is 12.6 Å². The maximum absolute atomic E-state index is 11.8. The summed E-state index contributed by atoms with van der Waals surface area (Å²) in [6.45, 7) is 5.91. The average Bonchev–Trinajstić information content (AvgIpc) is 2.36. The lowest BCUT2D eigenvalue weighted by molar-refractivity contribution is -0.121. The largest absolute Gasteiger partial charge is 0.490 e. The zero-order chi connectivity index (χ0) is 15.4. The van der Waals surface area contributed by atoms with Gasteiger partial charge in [-0.25, -0.2) is 0 Å². The molecule has 0 aromatic heterocycles. The van der Waals surface area contributed by atoms with Crippen molar-refractivity contribution < 1.29 is 9.53 Å². The Hall–Kier alpha value is -1.00. The fraction of sp³-hybridized carbons (Fsp3) is 0.588. The lowest BCUT2D eigenvalue weighted by atomic mass is 9.89. The summed E-state index contributed by atoms with van der Waals surface area (Å²) in [5, 5.41) is 3.61. The quantitative estimate of drug-likeness (QED) is 0.600. The normalized spacial score (nSPS) is 22.7. The Balaban J connectivity index is 1.84. The number of Topliss-reactive ketones (excluding diaryl/α,β-unsaturated/α-hetero) is 1. The summed E-state index contributed by atoms with van der Waals surface area (Å²) < 4.78 is 5.97. The summed E-state index contributed by atoms with van der Waals surface area (Å²) in [7, 11) is 0. The number of rotatable bonds is 7. The van der Waals surface area contributed by atoms with E-state index in [4.69, 9.17) is 4.74 Å². The second-order valence-electron chi connectivity index (χ2n) is 6.20. The summed E-state index contributed by atoms with van der Waals surface area (Å²) in [6, 6.07) is 8.41. The van der Waals surface area contributed by atoms with Gasteiger partial charge in [0.2, 0.25) is 0 Å². The minimum absolute atomic E-state index is 0.0799. The smallest absolute Gasteiger partial charge is 0.139 e. The molecule has 21 heavy (non-hydrogen) atoms. The lowest BCUT2D eigenvalue weighted by Crippen LogP contribution is -2.48. The number of carbonyl (C=O) groups excluding carboxylic acids is 1. The van der Waals surface area contributed by atoms with Crippen LogP contribution in [0.15, 0.2) is 24.3 Å². The molecule has 0 amide bonds. The van der Waals surface area contributed by atoms with Crippen LogP contribution in [0, 0.1) is 5.92 Å². The van der Waals surface area contributed by atoms with E-state index in [-0.39, 0.29) is 23.2 Å². The van der Waals surface area contributed by atoms with Crippen molar-refractivity contribution in [2.45, 2.75) is 57.6 Å². The van der Waals surface area contributed by atoms with Crippen molar-refractivity contribution in [1.29, 1.82) is 0 Å². The van der Waals surface area contributed by atoms with Crippen LogP contribution in [-0.4, -0.2) is 23.3 Å². The molecule has 0 aliphatic heterocycles. The molecule has 1 fully saturated rings. The minimum Gasteiger partial charge on any atom is -0.490 e. The van der Waals surface area contributed by atoms with Gasteiger partial charge in [0.15, 0.2) is 0 Å². The number of benzene rings is 1. The number of hydrogen-bond donors (Lipinski definition) is 2. The lowest BCUT2D eigenvalue weighted by Gasteiger charge is -2.37. The van der Waals surface area contributed by atoms with E-state index >= 15 is 0 Å². The number of nitrogens with one attached hydrogen (secondary N) is 1. The van der Waals surface area contributed by atoms with Gasteiger partial charge in [-0.15, -0.1) is 0 Å². The SMILES string of the molecule is CC(S)NC1CC(Oc2cccc(CC(=O)C(C)C)c2)C1. The van der Waals surface area contributed by atoms with Crippen molar-refractivity contribution in [3.8, 4) is 5.75 Å². The molecule has 1 aromatic carbocycles. The molecule has 1 unspecified atom stereocenters. The molecule has 0 radical (unpaired) electrons. The van der Waals surface area contributed by atoms with Crippen LogP contribution in [0.1, 0.15) is 39.2 Å². The van der Waals surface area contributed by atoms with E-state index < -0.39 is 0 Å². The van der Waals surface area contributed by atoms with Crippen molar-refractivity contribution in [2.75, 3.05) is 0 Å². The fourth-order valence-corrected chi connectivity index (χ4v) is 2.68. The number of ether oxygens (including phenoxy) is 1. The summed E-state index contributed by atoms with van der Waals surface area (Å²) in [4.78, 5) is 11.8. The number of hydrogen-bond acceptors (Lipinski definition) is 4. The van der Waals surface area contributed by atoms with Crippen molar-refractivity contribution >= 4 is 18.4 Å². The van der Waals surface area contributed by atoms with E-state index in [1.165, 1.54) is 0 Å². The molecule has 1 saturated carbocycles. The Morgan fingerprint density at radius 1 is 1.38 bits per heavy atom. The van der Waals surface area contributed by atoms with Crippen LogP contribution in [0.25, 0.3) is 0 Å². The van der Waals surface area contributed by atoms with E-state index in [1.54, 1.807) is 0 Å². The van der Waals surface area contributed by atoms with Gasteiger partial charge in [-0.2, -0.15) is 12.6 Å². The molecule has 116 valence electrons. The summed E-state index contributed by atoms with van der Waals surface area (Å²) in [5.74, 6) is 1.21. The van der Waals surface area contributed by atoms with E-state index in [1.807, 2.05) is 45.0 Å². The topological polar surface area (TPSA) is 38.3 Å². The standard InChI is InChI=1S/C17H25NO2S/c1-11(2)17(19)8-13-5-4-6-15(7-13)20-16-9-14(10-16)18-12(3)21/h4-7,11-12,14,16,18,21H,8-10H2,1-3H3. The Kier molecular flexibility index (Phi) is 5.71. The van der Waals surface area contributed by atoms with Crippen molar-refractivity contribution in [1.82, 2.24) is 5.32 Å². The van der Waals surface area contributed by atoms with Gasteiger partial charge in [0.05, 0.1) is 0 Å². The molecule has 4 heteroatoms. The number of thiol groups is 1. The predicted molar refractivity (Wildman–Crippen MR) is 89.0 cm³/mol. The first-order valence-electron chi connectivity index (χ1n) is 7.66. The maximum atomic E-state index is 11.8. The zero-order valence-corrected chi connectivity index (χ0v) is 13.9.